The van der Waals surface area contributed by atoms with E-state index < -0.39 is 17.9 Å². The van der Waals surface area contributed by atoms with Gasteiger partial charge in [-0.15, -0.1) is 0 Å². The van der Waals surface area contributed by atoms with Gasteiger partial charge in [-0.3, -0.25) is 0 Å². The highest BCUT2D eigenvalue weighted by Gasteiger charge is 2.29. The molecule has 13 heavy (non-hydrogen) atoms. The third kappa shape index (κ3) is 1.64. The van der Waals surface area contributed by atoms with Crippen molar-refractivity contribution in [3.8, 4) is 0 Å². The molecule has 0 atom stereocenters. The summed E-state index contributed by atoms with van der Waals surface area (Å²) >= 11 is 0. The monoisotopic (exact) mass is 182 g/mol. The summed E-state index contributed by atoms with van der Waals surface area (Å²) in [5.74, 6) is -2.44. The Morgan fingerprint density at radius 3 is 2.54 bits per heavy atom. The molecule has 0 unspecified atom stereocenters. The maximum absolute atomic E-state index is 10.9. The smallest absolute Gasteiger partial charge is 0.347 e. The molecule has 0 bridgehead atoms. The van der Waals surface area contributed by atoms with Crippen LogP contribution in [0, 0.1) is 0 Å². The third-order valence-corrected chi connectivity index (χ3v) is 1.43. The van der Waals surface area contributed by atoms with Gasteiger partial charge >= 0.3 is 17.9 Å². The molecule has 0 N–H and O–H groups in total. The molecule has 1 aliphatic heterocycles. The van der Waals surface area contributed by atoms with Gasteiger partial charge in [0.05, 0.1) is 18.3 Å². The standard InChI is InChI=1S/C8H6O5/c1-4(7(10)12-2)5-3-6(9)13-8(5)11/h3H,1H2,2H3. The molecule has 0 fully saturated rings. The summed E-state index contributed by atoms with van der Waals surface area (Å²) in [5, 5.41) is 0. The highest BCUT2D eigenvalue weighted by molar-refractivity contribution is 6.16. The minimum Gasteiger partial charge on any atom is -0.465 e. The van der Waals surface area contributed by atoms with Gasteiger partial charge in [0.25, 0.3) is 0 Å². The van der Waals surface area contributed by atoms with Crippen LogP contribution in [0.1, 0.15) is 0 Å². The Morgan fingerprint density at radius 2 is 2.15 bits per heavy atom. The molecular formula is C8H6O5. The minimum atomic E-state index is -0.875. The summed E-state index contributed by atoms with van der Waals surface area (Å²) in [6, 6.07) is 0. The minimum absolute atomic E-state index is 0.156. The molecule has 0 saturated heterocycles. The Labute approximate surface area is 73.6 Å². The van der Waals surface area contributed by atoms with Crippen LogP contribution in [-0.4, -0.2) is 25.0 Å². The molecule has 0 spiro atoms. The van der Waals surface area contributed by atoms with Crippen molar-refractivity contribution >= 4 is 17.9 Å². The zero-order valence-electron chi connectivity index (χ0n) is 6.83. The fraction of sp³-hybridized carbons (Fsp3) is 0.125. The van der Waals surface area contributed by atoms with Crippen molar-refractivity contribution < 1.29 is 23.9 Å². The van der Waals surface area contributed by atoms with Crippen LogP contribution < -0.4 is 0 Å². The topological polar surface area (TPSA) is 69.7 Å². The van der Waals surface area contributed by atoms with E-state index in [1.807, 2.05) is 0 Å². The zero-order valence-corrected chi connectivity index (χ0v) is 6.83. The van der Waals surface area contributed by atoms with Crippen LogP contribution in [-0.2, 0) is 23.9 Å². The number of cyclic esters (lactones) is 2. The average molecular weight is 182 g/mol. The van der Waals surface area contributed by atoms with Gasteiger partial charge in [-0.2, -0.15) is 0 Å². The van der Waals surface area contributed by atoms with Gasteiger partial charge in [0.15, 0.2) is 0 Å². The Balaban J connectivity index is 2.90. The van der Waals surface area contributed by atoms with E-state index in [0.717, 1.165) is 13.2 Å². The number of methoxy groups -OCH3 is 1. The molecule has 1 aliphatic rings. The quantitative estimate of drug-likeness (QED) is 0.334. The fourth-order valence-corrected chi connectivity index (χ4v) is 0.796. The number of carbonyl (C=O) groups is 3. The van der Waals surface area contributed by atoms with Crippen LogP contribution in [0.5, 0.6) is 0 Å². The molecule has 0 aliphatic carbocycles. The largest absolute Gasteiger partial charge is 0.465 e. The number of esters is 3. The van der Waals surface area contributed by atoms with E-state index in [9.17, 15) is 14.4 Å². The molecule has 1 heterocycles. The second kappa shape index (κ2) is 3.22. The molecule has 0 saturated carbocycles. The molecule has 5 heteroatoms. The van der Waals surface area contributed by atoms with Crippen LogP contribution in [0.15, 0.2) is 23.8 Å². The summed E-state index contributed by atoms with van der Waals surface area (Å²) < 4.78 is 8.46. The van der Waals surface area contributed by atoms with E-state index in [0.29, 0.717) is 0 Å². The highest BCUT2D eigenvalue weighted by Crippen LogP contribution is 2.16. The predicted molar refractivity (Wildman–Crippen MR) is 40.3 cm³/mol. The zero-order chi connectivity index (χ0) is 10.0. The van der Waals surface area contributed by atoms with E-state index in [1.165, 1.54) is 0 Å². The average Bonchev–Trinajstić information content (AvgIpc) is 2.42. The van der Waals surface area contributed by atoms with Crippen LogP contribution in [0.25, 0.3) is 0 Å². The molecule has 0 aromatic heterocycles. The van der Waals surface area contributed by atoms with E-state index >= 15 is 0 Å². The van der Waals surface area contributed by atoms with Gasteiger partial charge in [-0.05, 0) is 0 Å². The lowest BCUT2D eigenvalue weighted by Crippen LogP contribution is -2.10. The van der Waals surface area contributed by atoms with Gasteiger partial charge in [-0.25, -0.2) is 14.4 Å². The lowest BCUT2D eigenvalue weighted by molar-refractivity contribution is -0.151. The van der Waals surface area contributed by atoms with E-state index in [2.05, 4.69) is 16.1 Å². The fourth-order valence-electron chi connectivity index (χ4n) is 0.796. The molecule has 0 aromatic carbocycles. The lowest BCUT2D eigenvalue weighted by Gasteiger charge is -2.00. The summed E-state index contributed by atoms with van der Waals surface area (Å²) in [7, 11) is 1.15. The van der Waals surface area contributed by atoms with Gasteiger partial charge in [-0.1, -0.05) is 6.58 Å². The van der Waals surface area contributed by atoms with Crippen LogP contribution in [0.4, 0.5) is 0 Å². The summed E-state index contributed by atoms with van der Waals surface area (Å²) in [6.07, 6.45) is 0.904. The maximum Gasteiger partial charge on any atom is 0.347 e. The Morgan fingerprint density at radius 1 is 1.54 bits per heavy atom. The Kier molecular flexibility index (Phi) is 2.27. The molecular weight excluding hydrogens is 176 g/mol. The second-order valence-corrected chi connectivity index (χ2v) is 2.24. The van der Waals surface area contributed by atoms with Crippen LogP contribution in [0.2, 0.25) is 0 Å². The van der Waals surface area contributed by atoms with Crippen molar-refractivity contribution in [2.24, 2.45) is 0 Å². The predicted octanol–water partition coefficient (Wildman–Crippen LogP) is -0.275. The Hall–Kier alpha value is -1.91. The first-order valence-electron chi connectivity index (χ1n) is 3.31. The van der Waals surface area contributed by atoms with E-state index in [4.69, 9.17) is 0 Å². The van der Waals surface area contributed by atoms with Crippen molar-refractivity contribution in [1.29, 1.82) is 0 Å². The summed E-state index contributed by atoms with van der Waals surface area (Å²) in [6.45, 7) is 3.30. The second-order valence-electron chi connectivity index (χ2n) is 2.24. The van der Waals surface area contributed by atoms with Crippen molar-refractivity contribution in [1.82, 2.24) is 0 Å². The molecule has 0 radical (unpaired) electrons. The van der Waals surface area contributed by atoms with Crippen molar-refractivity contribution in [2.45, 2.75) is 0 Å². The van der Waals surface area contributed by atoms with Crippen LogP contribution >= 0.6 is 0 Å². The maximum atomic E-state index is 10.9. The number of hydrogen-bond donors (Lipinski definition) is 0. The molecule has 0 aromatic rings. The van der Waals surface area contributed by atoms with Gasteiger partial charge in [0.1, 0.15) is 0 Å². The van der Waals surface area contributed by atoms with E-state index in [1.54, 1.807) is 0 Å². The van der Waals surface area contributed by atoms with Crippen molar-refractivity contribution in [2.75, 3.05) is 7.11 Å². The first-order valence-corrected chi connectivity index (χ1v) is 3.31. The molecule has 68 valence electrons. The number of rotatable bonds is 2. The number of ether oxygens (including phenoxy) is 2. The Bertz CT molecular complexity index is 336. The first kappa shape index (κ1) is 9.18. The molecule has 0 amide bonds. The SMILES string of the molecule is C=C(C(=O)OC)C1=CC(=O)OC1=O. The highest BCUT2D eigenvalue weighted by atomic mass is 16.6. The summed E-state index contributed by atoms with van der Waals surface area (Å²) in [5.41, 5.74) is -0.338. The van der Waals surface area contributed by atoms with Gasteiger partial charge < -0.3 is 9.47 Å². The number of carbonyl (C=O) groups excluding carboxylic acids is 3. The normalized spacial score (nSPS) is 15.0. The first-order chi connectivity index (χ1) is 6.06. The summed E-state index contributed by atoms with van der Waals surface area (Å²) in [4.78, 5) is 32.3. The van der Waals surface area contributed by atoms with Gasteiger partial charge in [0, 0.05) is 6.08 Å². The number of hydrogen-bond acceptors (Lipinski definition) is 5. The third-order valence-electron chi connectivity index (χ3n) is 1.43. The molecule has 1 rings (SSSR count). The van der Waals surface area contributed by atoms with Crippen molar-refractivity contribution in [3.05, 3.63) is 23.8 Å². The van der Waals surface area contributed by atoms with Gasteiger partial charge in [0.2, 0.25) is 0 Å². The lowest BCUT2D eigenvalue weighted by atomic mass is 10.1. The van der Waals surface area contributed by atoms with E-state index in [-0.39, 0.29) is 11.1 Å². The van der Waals surface area contributed by atoms with Crippen molar-refractivity contribution in [3.63, 3.8) is 0 Å². The molecule has 5 nitrogen and oxygen atoms in total. The van der Waals surface area contributed by atoms with Crippen LogP contribution in [0.3, 0.4) is 0 Å².